The van der Waals surface area contributed by atoms with Gasteiger partial charge < -0.3 is 6.15 Å². The Morgan fingerprint density at radius 1 is 0.938 bits per heavy atom. The highest BCUT2D eigenvalue weighted by Crippen LogP contribution is 2.20. The molecule has 3 N–H and O–H groups in total. The molecule has 0 aromatic rings. The lowest BCUT2D eigenvalue weighted by Crippen LogP contribution is -1.99. The Labute approximate surface area is 109 Å². The van der Waals surface area contributed by atoms with E-state index in [-0.39, 0.29) is 18.6 Å². The molecule has 0 unspecified atom stereocenters. The van der Waals surface area contributed by atoms with Crippen LogP contribution in [0, 0.1) is 5.92 Å². The summed E-state index contributed by atoms with van der Waals surface area (Å²) < 4.78 is 0. The first-order valence-corrected chi connectivity index (χ1v) is 6.46. The van der Waals surface area contributed by atoms with Gasteiger partial charge in [-0.1, -0.05) is 71.3 Å². The highest BCUT2D eigenvalue weighted by molar-refractivity contribution is 5.85. The summed E-state index contributed by atoms with van der Waals surface area (Å²) in [7, 11) is 0. The van der Waals surface area contributed by atoms with Gasteiger partial charge in [-0.15, -0.1) is 19.0 Å². The Morgan fingerprint density at radius 2 is 1.38 bits per heavy atom. The monoisotopic (exact) mass is 249 g/mol. The predicted molar refractivity (Wildman–Crippen MR) is 78.9 cm³/mol. The second-order valence-electron chi connectivity index (χ2n) is 4.38. The van der Waals surface area contributed by atoms with E-state index in [2.05, 4.69) is 26.5 Å². The first-order chi connectivity index (χ1) is 6.85. The van der Waals surface area contributed by atoms with Gasteiger partial charge in [0.2, 0.25) is 0 Å². The van der Waals surface area contributed by atoms with Crippen LogP contribution in [0.5, 0.6) is 0 Å². The summed E-state index contributed by atoms with van der Waals surface area (Å²) >= 11 is 0. The Balaban J connectivity index is -0.000000845. The highest BCUT2D eigenvalue weighted by Gasteiger charge is 2.05. The van der Waals surface area contributed by atoms with Crippen LogP contribution in [0.15, 0.2) is 12.7 Å². The second kappa shape index (κ2) is 17.4. The minimum absolute atomic E-state index is 0. The summed E-state index contributed by atoms with van der Waals surface area (Å²) in [4.78, 5) is 0. The number of halogens is 1. The third-order valence-electron chi connectivity index (χ3n) is 2.93. The third kappa shape index (κ3) is 14.0. The van der Waals surface area contributed by atoms with E-state index in [4.69, 9.17) is 0 Å². The van der Waals surface area contributed by atoms with Gasteiger partial charge in [0.05, 0.1) is 0 Å². The summed E-state index contributed by atoms with van der Waals surface area (Å²) in [6.07, 6.45) is 14.5. The van der Waals surface area contributed by atoms with Gasteiger partial charge in [0, 0.05) is 0 Å². The first kappa shape index (κ1) is 21.3. The summed E-state index contributed by atoms with van der Waals surface area (Å²) in [6, 6.07) is 0. The van der Waals surface area contributed by atoms with Crippen LogP contribution in [0.25, 0.3) is 0 Å². The molecular weight excluding hydrogens is 218 g/mol. The van der Waals surface area contributed by atoms with Crippen molar-refractivity contribution < 1.29 is 0 Å². The van der Waals surface area contributed by atoms with Crippen molar-refractivity contribution in [2.45, 2.75) is 71.6 Å². The van der Waals surface area contributed by atoms with Gasteiger partial charge in [-0.05, 0) is 12.3 Å². The molecule has 0 fully saturated rings. The lowest BCUT2D eigenvalue weighted by molar-refractivity contribution is 0.414. The molecular formula is C14H32ClN. The summed E-state index contributed by atoms with van der Waals surface area (Å²) in [5.41, 5.74) is 0. The molecule has 0 aliphatic rings. The standard InChI is InChI=1S/C14H28.ClH.H3N/c1-4-7-9-12-14(11-6-3)13-10-8-5-2;;/h6,14H,3-5,7-13H2,1-2H3;1H;1H3. The normalized spacial score (nSPS) is 9.44. The first-order valence-electron chi connectivity index (χ1n) is 6.46. The molecule has 16 heavy (non-hydrogen) atoms. The van der Waals surface area contributed by atoms with E-state index in [1.54, 1.807) is 0 Å². The van der Waals surface area contributed by atoms with Crippen molar-refractivity contribution in [3.8, 4) is 0 Å². The summed E-state index contributed by atoms with van der Waals surface area (Å²) in [6.45, 7) is 8.41. The van der Waals surface area contributed by atoms with E-state index < -0.39 is 0 Å². The number of hydrogen-bond donors (Lipinski definition) is 1. The van der Waals surface area contributed by atoms with Crippen LogP contribution in [-0.2, 0) is 0 Å². The number of unbranched alkanes of at least 4 members (excludes halogenated alkanes) is 4. The average molecular weight is 250 g/mol. The average Bonchev–Trinajstić information content (AvgIpc) is 2.18. The van der Waals surface area contributed by atoms with Crippen molar-refractivity contribution in [2.75, 3.05) is 0 Å². The molecule has 0 radical (unpaired) electrons. The smallest absolute Gasteiger partial charge is 0.0325 e. The maximum Gasteiger partial charge on any atom is -0.0325 e. The second-order valence-corrected chi connectivity index (χ2v) is 4.38. The molecule has 0 atom stereocenters. The molecule has 0 saturated carbocycles. The molecule has 0 aliphatic heterocycles. The molecule has 0 bridgehead atoms. The SMILES string of the molecule is C=CCC(CCCCC)CCCCC.Cl.N. The van der Waals surface area contributed by atoms with E-state index in [0.717, 1.165) is 5.92 Å². The molecule has 0 saturated heterocycles. The Hall–Kier alpha value is -0.0100. The van der Waals surface area contributed by atoms with Crippen molar-refractivity contribution in [1.82, 2.24) is 6.15 Å². The molecule has 2 heteroatoms. The third-order valence-corrected chi connectivity index (χ3v) is 2.93. The fourth-order valence-electron chi connectivity index (χ4n) is 1.98. The van der Waals surface area contributed by atoms with E-state index in [1.165, 1.54) is 57.8 Å². The zero-order valence-electron chi connectivity index (χ0n) is 11.3. The Bertz CT molecular complexity index is 116. The zero-order chi connectivity index (χ0) is 10.6. The Kier molecular flexibility index (Phi) is 23.1. The number of allylic oxidation sites excluding steroid dienone is 1. The fraction of sp³-hybridized carbons (Fsp3) is 0.857. The van der Waals surface area contributed by atoms with E-state index in [1.807, 2.05) is 0 Å². The van der Waals surface area contributed by atoms with Gasteiger partial charge >= 0.3 is 0 Å². The lowest BCUT2D eigenvalue weighted by Gasteiger charge is -2.14. The lowest BCUT2D eigenvalue weighted by atomic mass is 9.92. The van der Waals surface area contributed by atoms with Gasteiger partial charge in [-0.2, -0.15) is 0 Å². The molecule has 0 aromatic carbocycles. The zero-order valence-corrected chi connectivity index (χ0v) is 12.2. The van der Waals surface area contributed by atoms with Crippen molar-refractivity contribution in [2.24, 2.45) is 5.92 Å². The van der Waals surface area contributed by atoms with Gasteiger partial charge in [-0.3, -0.25) is 0 Å². The fourth-order valence-corrected chi connectivity index (χ4v) is 1.98. The van der Waals surface area contributed by atoms with E-state index in [0.29, 0.717) is 0 Å². The quantitative estimate of drug-likeness (QED) is 0.378. The van der Waals surface area contributed by atoms with Crippen LogP contribution in [0.1, 0.15) is 71.6 Å². The van der Waals surface area contributed by atoms with Crippen LogP contribution in [0.3, 0.4) is 0 Å². The molecule has 0 spiro atoms. The summed E-state index contributed by atoms with van der Waals surface area (Å²) in [5.74, 6) is 0.922. The van der Waals surface area contributed by atoms with Crippen molar-refractivity contribution in [3.63, 3.8) is 0 Å². The van der Waals surface area contributed by atoms with Crippen molar-refractivity contribution in [1.29, 1.82) is 0 Å². The summed E-state index contributed by atoms with van der Waals surface area (Å²) in [5, 5.41) is 0. The minimum Gasteiger partial charge on any atom is -0.344 e. The number of hydrogen-bond acceptors (Lipinski definition) is 1. The van der Waals surface area contributed by atoms with Crippen LogP contribution in [0.4, 0.5) is 0 Å². The highest BCUT2D eigenvalue weighted by atomic mass is 35.5. The van der Waals surface area contributed by atoms with Gasteiger partial charge in [0.25, 0.3) is 0 Å². The van der Waals surface area contributed by atoms with Gasteiger partial charge in [0.1, 0.15) is 0 Å². The maximum atomic E-state index is 3.86. The molecule has 0 heterocycles. The maximum absolute atomic E-state index is 3.86. The predicted octanol–water partition coefficient (Wildman–Crippen LogP) is 5.92. The van der Waals surface area contributed by atoms with Gasteiger partial charge in [0.15, 0.2) is 0 Å². The van der Waals surface area contributed by atoms with Crippen LogP contribution < -0.4 is 6.15 Å². The molecule has 100 valence electrons. The van der Waals surface area contributed by atoms with Crippen LogP contribution in [0.2, 0.25) is 0 Å². The van der Waals surface area contributed by atoms with Crippen LogP contribution >= 0.6 is 12.4 Å². The molecule has 0 rings (SSSR count). The largest absolute Gasteiger partial charge is 0.344 e. The Morgan fingerprint density at radius 3 is 1.69 bits per heavy atom. The van der Waals surface area contributed by atoms with E-state index >= 15 is 0 Å². The topological polar surface area (TPSA) is 35.0 Å². The van der Waals surface area contributed by atoms with Gasteiger partial charge in [-0.25, -0.2) is 0 Å². The number of rotatable bonds is 10. The molecule has 0 amide bonds. The molecule has 0 aromatic heterocycles. The van der Waals surface area contributed by atoms with Crippen molar-refractivity contribution >= 4 is 12.4 Å². The minimum atomic E-state index is 0. The van der Waals surface area contributed by atoms with Crippen molar-refractivity contribution in [3.05, 3.63) is 12.7 Å². The molecule has 0 aliphatic carbocycles. The molecule has 1 nitrogen and oxygen atoms in total. The van der Waals surface area contributed by atoms with E-state index in [9.17, 15) is 0 Å². The van der Waals surface area contributed by atoms with Crippen LogP contribution in [-0.4, -0.2) is 0 Å².